The lowest BCUT2D eigenvalue weighted by Crippen LogP contribution is -2.28. The van der Waals surface area contributed by atoms with E-state index in [1.807, 2.05) is 0 Å². The van der Waals surface area contributed by atoms with Gasteiger partial charge in [-0.2, -0.15) is 13.2 Å². The number of thiazole rings is 1. The van der Waals surface area contributed by atoms with E-state index in [9.17, 15) is 22.8 Å². The number of aliphatic hydroxyl groups excluding tert-OH is 1. The first kappa shape index (κ1) is 28.7. The van der Waals surface area contributed by atoms with Crippen LogP contribution >= 0.6 is 34.5 Å². The second-order valence-electron chi connectivity index (χ2n) is 7.78. The minimum Gasteiger partial charge on any atom is -0.396 e. The van der Waals surface area contributed by atoms with Crippen molar-refractivity contribution in [2.24, 2.45) is 0 Å². The third-order valence-electron chi connectivity index (χ3n) is 5.02. The van der Waals surface area contributed by atoms with Gasteiger partial charge in [0.2, 0.25) is 0 Å². The van der Waals surface area contributed by atoms with Crippen LogP contribution in [0.2, 0.25) is 10.0 Å². The summed E-state index contributed by atoms with van der Waals surface area (Å²) in [6.07, 6.45) is 1.27. The van der Waals surface area contributed by atoms with Crippen LogP contribution in [0.3, 0.4) is 0 Å². The number of nitrogens with one attached hydrogen (secondary N) is 2. The SMILES string of the molecule is CC(NC(=O)c1ncnc(CCCCCO)c1Cl)c1ncc(C(=O)Nc2cc(C(F)(F)F)c(Cl)cn2)s1. The predicted octanol–water partition coefficient (Wildman–Crippen LogP) is 5.10. The Morgan fingerprint density at radius 2 is 1.84 bits per heavy atom. The number of amides is 2. The van der Waals surface area contributed by atoms with E-state index in [0.717, 1.165) is 30.4 Å². The van der Waals surface area contributed by atoms with Gasteiger partial charge in [0.05, 0.1) is 33.5 Å². The number of alkyl halides is 3. The molecule has 0 bridgehead atoms. The molecule has 0 saturated carbocycles. The van der Waals surface area contributed by atoms with E-state index >= 15 is 0 Å². The first-order valence-electron chi connectivity index (χ1n) is 10.9. The van der Waals surface area contributed by atoms with Crippen LogP contribution in [0.15, 0.2) is 24.8 Å². The molecule has 9 nitrogen and oxygen atoms in total. The van der Waals surface area contributed by atoms with Crippen LogP contribution in [-0.2, 0) is 12.6 Å². The van der Waals surface area contributed by atoms with Crippen LogP contribution in [0, 0.1) is 0 Å². The Morgan fingerprint density at radius 1 is 1.08 bits per heavy atom. The van der Waals surface area contributed by atoms with Crippen molar-refractivity contribution in [3.63, 3.8) is 0 Å². The molecule has 0 radical (unpaired) electrons. The lowest BCUT2D eigenvalue weighted by Gasteiger charge is -2.12. The quantitative estimate of drug-likeness (QED) is 0.286. The normalized spacial score (nSPS) is 12.3. The number of anilines is 1. The molecule has 3 N–H and O–H groups in total. The molecule has 3 heterocycles. The molecule has 37 heavy (non-hydrogen) atoms. The summed E-state index contributed by atoms with van der Waals surface area (Å²) in [4.78, 5) is 41.3. The molecule has 0 spiro atoms. The Hall–Kier alpha value is -2.87. The Labute approximate surface area is 223 Å². The molecule has 0 aliphatic carbocycles. The van der Waals surface area contributed by atoms with E-state index in [-0.39, 0.29) is 28.0 Å². The van der Waals surface area contributed by atoms with E-state index in [0.29, 0.717) is 29.6 Å². The average Bonchev–Trinajstić information content (AvgIpc) is 3.34. The number of hydrogen-bond donors (Lipinski definition) is 3. The summed E-state index contributed by atoms with van der Waals surface area (Å²) < 4.78 is 39.1. The Balaban J connectivity index is 1.65. The molecule has 1 unspecified atom stereocenters. The molecule has 3 rings (SSSR count). The molecule has 0 saturated heterocycles. The van der Waals surface area contributed by atoms with Gasteiger partial charge >= 0.3 is 6.18 Å². The number of aryl methyl sites for hydroxylation is 1. The Kier molecular flexibility index (Phi) is 9.76. The van der Waals surface area contributed by atoms with Gasteiger partial charge in [0.1, 0.15) is 27.7 Å². The minimum atomic E-state index is -4.71. The van der Waals surface area contributed by atoms with Crippen LogP contribution in [0.1, 0.15) is 68.7 Å². The first-order valence-corrected chi connectivity index (χ1v) is 12.5. The molecule has 0 aliphatic heterocycles. The number of hydrogen-bond acceptors (Lipinski definition) is 8. The van der Waals surface area contributed by atoms with Gasteiger partial charge in [0, 0.05) is 12.8 Å². The minimum absolute atomic E-state index is 0.00974. The molecule has 3 aromatic heterocycles. The molecule has 0 aliphatic rings. The molecule has 1 atom stereocenters. The lowest BCUT2D eigenvalue weighted by atomic mass is 10.1. The Bertz CT molecular complexity index is 1270. The number of halogens is 5. The third kappa shape index (κ3) is 7.57. The Morgan fingerprint density at radius 3 is 2.54 bits per heavy atom. The van der Waals surface area contributed by atoms with Gasteiger partial charge in [-0.25, -0.2) is 19.9 Å². The highest BCUT2D eigenvalue weighted by molar-refractivity contribution is 7.13. The monoisotopic (exact) mass is 576 g/mol. The molecule has 2 amide bonds. The summed E-state index contributed by atoms with van der Waals surface area (Å²) in [6.45, 7) is 1.74. The fraction of sp³-hybridized carbons (Fsp3) is 0.364. The highest BCUT2D eigenvalue weighted by Crippen LogP contribution is 2.35. The highest BCUT2D eigenvalue weighted by atomic mass is 35.5. The van der Waals surface area contributed by atoms with Crippen molar-refractivity contribution in [3.8, 4) is 0 Å². The number of pyridine rings is 1. The summed E-state index contributed by atoms with van der Waals surface area (Å²) in [6, 6.07) is 0.000716. The third-order valence-corrected chi connectivity index (χ3v) is 6.89. The maximum atomic E-state index is 13.0. The number of aliphatic hydroxyl groups is 1. The van der Waals surface area contributed by atoms with Gasteiger partial charge < -0.3 is 15.7 Å². The lowest BCUT2D eigenvalue weighted by molar-refractivity contribution is -0.137. The fourth-order valence-corrected chi connectivity index (χ4v) is 4.45. The van der Waals surface area contributed by atoms with Gasteiger partial charge in [0.25, 0.3) is 11.8 Å². The van der Waals surface area contributed by atoms with Crippen molar-refractivity contribution in [2.45, 2.75) is 44.8 Å². The van der Waals surface area contributed by atoms with Crippen LogP contribution in [0.25, 0.3) is 0 Å². The van der Waals surface area contributed by atoms with Gasteiger partial charge in [0.15, 0.2) is 0 Å². The van der Waals surface area contributed by atoms with E-state index in [4.69, 9.17) is 28.3 Å². The molecule has 0 aromatic carbocycles. The fourth-order valence-electron chi connectivity index (χ4n) is 3.14. The molecule has 15 heteroatoms. The van der Waals surface area contributed by atoms with Crippen molar-refractivity contribution < 1.29 is 27.9 Å². The average molecular weight is 577 g/mol. The topological polar surface area (TPSA) is 130 Å². The van der Waals surface area contributed by atoms with Crippen LogP contribution < -0.4 is 10.6 Å². The summed E-state index contributed by atoms with van der Waals surface area (Å²) in [5, 5.41) is 13.8. The van der Waals surface area contributed by atoms with Crippen molar-refractivity contribution in [1.82, 2.24) is 25.3 Å². The maximum absolute atomic E-state index is 13.0. The van der Waals surface area contributed by atoms with Gasteiger partial charge in [-0.1, -0.05) is 29.6 Å². The van der Waals surface area contributed by atoms with Crippen LogP contribution in [0.4, 0.5) is 19.0 Å². The second kappa shape index (κ2) is 12.6. The zero-order valence-electron chi connectivity index (χ0n) is 19.3. The van der Waals surface area contributed by atoms with E-state index in [1.165, 1.54) is 12.5 Å². The van der Waals surface area contributed by atoms with Gasteiger partial charge in [-0.15, -0.1) is 11.3 Å². The van der Waals surface area contributed by atoms with Crippen molar-refractivity contribution in [2.75, 3.05) is 11.9 Å². The van der Waals surface area contributed by atoms with Crippen LogP contribution in [-0.4, -0.2) is 43.5 Å². The summed E-state index contributed by atoms with van der Waals surface area (Å²) in [7, 11) is 0. The highest BCUT2D eigenvalue weighted by Gasteiger charge is 2.34. The van der Waals surface area contributed by atoms with E-state index < -0.39 is 34.6 Å². The molecule has 3 aromatic rings. The van der Waals surface area contributed by atoms with E-state index in [2.05, 4.69) is 30.6 Å². The summed E-state index contributed by atoms with van der Waals surface area (Å²) in [5.74, 6) is -1.62. The van der Waals surface area contributed by atoms with E-state index in [1.54, 1.807) is 6.92 Å². The second-order valence-corrected chi connectivity index (χ2v) is 9.62. The standard InChI is InChI=1S/C22H21Cl2F3N6O3S/c1-11(32-20(36)18-17(24)14(30-10-31-18)5-3-2-4-6-34)21-29-9-15(37-21)19(35)33-16-7-12(22(25,26)27)13(23)8-28-16/h7-11,34H,2-6H2,1H3,(H,32,36)(H,28,33,35). The first-order chi connectivity index (χ1) is 17.5. The maximum Gasteiger partial charge on any atom is 0.418 e. The van der Waals surface area contributed by atoms with Crippen LogP contribution in [0.5, 0.6) is 0 Å². The summed E-state index contributed by atoms with van der Waals surface area (Å²) in [5.41, 5.74) is -0.618. The number of unbranched alkanes of at least 4 members (excludes halogenated alkanes) is 2. The largest absolute Gasteiger partial charge is 0.418 e. The van der Waals surface area contributed by atoms with Gasteiger partial charge in [-0.05, 0) is 32.3 Å². The zero-order valence-corrected chi connectivity index (χ0v) is 21.6. The number of rotatable bonds is 10. The molecule has 0 fully saturated rings. The smallest absolute Gasteiger partial charge is 0.396 e. The number of nitrogens with zero attached hydrogens (tertiary/aromatic N) is 4. The number of carbonyl (C=O) groups is 2. The molecule has 198 valence electrons. The summed E-state index contributed by atoms with van der Waals surface area (Å²) >= 11 is 12.8. The molecular weight excluding hydrogens is 556 g/mol. The van der Waals surface area contributed by atoms with Gasteiger partial charge in [-0.3, -0.25) is 9.59 Å². The van der Waals surface area contributed by atoms with Crippen molar-refractivity contribution >= 4 is 52.2 Å². The zero-order chi connectivity index (χ0) is 27.2. The molecular formula is C22H21Cl2F3N6O3S. The van der Waals surface area contributed by atoms with Crippen molar-refractivity contribution in [1.29, 1.82) is 0 Å². The predicted molar refractivity (Wildman–Crippen MR) is 132 cm³/mol. The number of aromatic nitrogens is 4. The number of carbonyl (C=O) groups excluding carboxylic acids is 2. The van der Waals surface area contributed by atoms with Crippen molar-refractivity contribution in [3.05, 3.63) is 61.7 Å².